The van der Waals surface area contributed by atoms with Crippen LogP contribution >= 0.6 is 0 Å². The third-order valence-electron chi connectivity index (χ3n) is 4.30. The summed E-state index contributed by atoms with van der Waals surface area (Å²) in [6, 6.07) is 1.59. The molecule has 3 nitrogen and oxygen atoms in total. The zero-order valence-corrected chi connectivity index (χ0v) is 10.9. The summed E-state index contributed by atoms with van der Waals surface area (Å²) in [6.45, 7) is 8.50. The van der Waals surface area contributed by atoms with Crippen molar-refractivity contribution in [1.29, 1.82) is 0 Å². The van der Waals surface area contributed by atoms with E-state index in [4.69, 9.17) is 0 Å². The average Bonchev–Trinajstić information content (AvgIpc) is 2.77. The summed E-state index contributed by atoms with van der Waals surface area (Å²) >= 11 is 0. The second-order valence-corrected chi connectivity index (χ2v) is 5.36. The van der Waals surface area contributed by atoms with Crippen LogP contribution in [0.3, 0.4) is 0 Å². The van der Waals surface area contributed by atoms with Crippen LogP contribution < -0.4 is 5.32 Å². The van der Waals surface area contributed by atoms with Gasteiger partial charge >= 0.3 is 0 Å². The van der Waals surface area contributed by atoms with Gasteiger partial charge in [-0.3, -0.25) is 4.90 Å². The van der Waals surface area contributed by atoms with Crippen molar-refractivity contribution in [2.45, 2.75) is 44.7 Å². The Bertz CT molecular complexity index is 201. The lowest BCUT2D eigenvalue weighted by molar-refractivity contribution is 0.146. The lowest BCUT2D eigenvalue weighted by atomic mass is 10.1. The molecule has 0 spiro atoms. The molecule has 16 heavy (non-hydrogen) atoms. The Morgan fingerprint density at radius 3 is 2.88 bits per heavy atom. The molecule has 0 saturated carbocycles. The number of nitrogens with zero attached hydrogens (tertiary/aromatic N) is 2. The number of likely N-dealkylation sites (tertiary alicyclic amines) is 1. The fraction of sp³-hybridized carbons (Fsp3) is 1.00. The number of nitrogens with one attached hydrogen (secondary N) is 1. The lowest BCUT2D eigenvalue weighted by Crippen LogP contribution is -2.48. The fourth-order valence-corrected chi connectivity index (χ4v) is 3.21. The Morgan fingerprint density at radius 1 is 1.31 bits per heavy atom. The van der Waals surface area contributed by atoms with Crippen molar-refractivity contribution in [3.8, 4) is 0 Å². The van der Waals surface area contributed by atoms with Gasteiger partial charge in [-0.2, -0.15) is 0 Å². The summed E-state index contributed by atoms with van der Waals surface area (Å²) in [5, 5.41) is 3.51. The normalized spacial score (nSPS) is 32.4. The van der Waals surface area contributed by atoms with Crippen LogP contribution in [0.1, 0.15) is 32.6 Å². The molecule has 2 unspecified atom stereocenters. The van der Waals surface area contributed by atoms with E-state index in [1.54, 1.807) is 0 Å². The van der Waals surface area contributed by atoms with Gasteiger partial charge in [0.15, 0.2) is 0 Å². The predicted molar refractivity (Wildman–Crippen MR) is 68.8 cm³/mol. The van der Waals surface area contributed by atoms with Crippen molar-refractivity contribution in [2.75, 3.05) is 39.8 Å². The standard InChI is InChI=1S/C13H27N3/c1-3-16-9-5-7-13(16)11-15(2)12-6-4-8-14-10-12/h12-14H,3-11H2,1-2H3. The largest absolute Gasteiger partial charge is 0.315 e. The molecule has 0 bridgehead atoms. The van der Waals surface area contributed by atoms with Crippen molar-refractivity contribution < 1.29 is 0 Å². The summed E-state index contributed by atoms with van der Waals surface area (Å²) in [5.41, 5.74) is 0. The maximum atomic E-state index is 3.51. The summed E-state index contributed by atoms with van der Waals surface area (Å²) in [4.78, 5) is 5.23. The lowest BCUT2D eigenvalue weighted by Gasteiger charge is -2.35. The smallest absolute Gasteiger partial charge is 0.0223 e. The molecular weight excluding hydrogens is 198 g/mol. The van der Waals surface area contributed by atoms with Crippen molar-refractivity contribution >= 4 is 0 Å². The monoisotopic (exact) mass is 225 g/mol. The summed E-state index contributed by atoms with van der Waals surface area (Å²) < 4.78 is 0. The molecule has 0 aromatic rings. The number of piperidine rings is 1. The maximum absolute atomic E-state index is 3.51. The van der Waals surface area contributed by atoms with Gasteiger partial charge in [-0.05, 0) is 52.4 Å². The first-order chi connectivity index (χ1) is 7.81. The maximum Gasteiger partial charge on any atom is 0.0223 e. The number of rotatable bonds is 4. The Hall–Kier alpha value is -0.120. The summed E-state index contributed by atoms with van der Waals surface area (Å²) in [6.07, 6.45) is 5.52. The van der Waals surface area contributed by atoms with Crippen LogP contribution in [0.4, 0.5) is 0 Å². The zero-order valence-electron chi connectivity index (χ0n) is 10.9. The van der Waals surface area contributed by atoms with Crippen LogP contribution in [-0.2, 0) is 0 Å². The van der Waals surface area contributed by atoms with Crippen LogP contribution in [0.25, 0.3) is 0 Å². The first kappa shape index (κ1) is 12.3. The van der Waals surface area contributed by atoms with Crippen LogP contribution in [0.5, 0.6) is 0 Å². The average molecular weight is 225 g/mol. The van der Waals surface area contributed by atoms with Crippen molar-refractivity contribution in [3.05, 3.63) is 0 Å². The highest BCUT2D eigenvalue weighted by Gasteiger charge is 2.26. The van der Waals surface area contributed by atoms with Gasteiger partial charge in [0, 0.05) is 25.2 Å². The quantitative estimate of drug-likeness (QED) is 0.774. The molecule has 94 valence electrons. The highest BCUT2D eigenvalue weighted by atomic mass is 15.2. The van der Waals surface area contributed by atoms with E-state index in [0.29, 0.717) is 0 Å². The second kappa shape index (κ2) is 5.99. The van der Waals surface area contributed by atoms with Crippen LogP contribution in [0.15, 0.2) is 0 Å². The minimum Gasteiger partial charge on any atom is -0.315 e. The van der Waals surface area contributed by atoms with Crippen LogP contribution in [0.2, 0.25) is 0 Å². The molecule has 2 rings (SSSR count). The Kier molecular flexibility index (Phi) is 4.62. The van der Waals surface area contributed by atoms with Crippen molar-refractivity contribution in [3.63, 3.8) is 0 Å². The molecular formula is C13H27N3. The molecule has 2 aliphatic heterocycles. The van der Waals surface area contributed by atoms with Gasteiger partial charge in [0.2, 0.25) is 0 Å². The molecule has 2 aliphatic rings. The molecule has 2 saturated heterocycles. The van der Waals surface area contributed by atoms with Gasteiger partial charge in [-0.15, -0.1) is 0 Å². The number of hydrogen-bond donors (Lipinski definition) is 1. The van der Waals surface area contributed by atoms with Gasteiger partial charge in [0.05, 0.1) is 0 Å². The van der Waals surface area contributed by atoms with E-state index < -0.39 is 0 Å². The van der Waals surface area contributed by atoms with E-state index in [0.717, 1.165) is 12.1 Å². The van der Waals surface area contributed by atoms with Gasteiger partial charge in [-0.25, -0.2) is 0 Å². The van der Waals surface area contributed by atoms with Gasteiger partial charge in [0.1, 0.15) is 0 Å². The van der Waals surface area contributed by atoms with Crippen molar-refractivity contribution in [2.24, 2.45) is 0 Å². The van der Waals surface area contributed by atoms with E-state index in [1.807, 2.05) is 0 Å². The van der Waals surface area contributed by atoms with Crippen LogP contribution in [0, 0.1) is 0 Å². The summed E-state index contributed by atoms with van der Waals surface area (Å²) in [5.74, 6) is 0. The molecule has 0 aliphatic carbocycles. The molecule has 2 fully saturated rings. The molecule has 2 atom stereocenters. The van der Waals surface area contributed by atoms with E-state index in [1.165, 1.54) is 58.4 Å². The van der Waals surface area contributed by atoms with Crippen LogP contribution in [-0.4, -0.2) is 61.7 Å². The van der Waals surface area contributed by atoms with E-state index >= 15 is 0 Å². The van der Waals surface area contributed by atoms with Gasteiger partial charge < -0.3 is 10.2 Å². The summed E-state index contributed by atoms with van der Waals surface area (Å²) in [7, 11) is 2.31. The number of hydrogen-bond acceptors (Lipinski definition) is 3. The molecule has 0 aromatic heterocycles. The van der Waals surface area contributed by atoms with E-state index in [-0.39, 0.29) is 0 Å². The molecule has 0 radical (unpaired) electrons. The third kappa shape index (κ3) is 2.96. The third-order valence-corrected chi connectivity index (χ3v) is 4.30. The van der Waals surface area contributed by atoms with Gasteiger partial charge in [0.25, 0.3) is 0 Å². The highest BCUT2D eigenvalue weighted by molar-refractivity contribution is 4.84. The zero-order chi connectivity index (χ0) is 11.4. The topological polar surface area (TPSA) is 18.5 Å². The minimum absolute atomic E-state index is 0.771. The molecule has 2 heterocycles. The highest BCUT2D eigenvalue weighted by Crippen LogP contribution is 2.19. The molecule has 0 amide bonds. The second-order valence-electron chi connectivity index (χ2n) is 5.36. The van der Waals surface area contributed by atoms with E-state index in [9.17, 15) is 0 Å². The number of likely N-dealkylation sites (N-methyl/N-ethyl adjacent to an activating group) is 2. The molecule has 1 N–H and O–H groups in total. The van der Waals surface area contributed by atoms with Crippen molar-refractivity contribution in [1.82, 2.24) is 15.1 Å². The fourth-order valence-electron chi connectivity index (χ4n) is 3.21. The SMILES string of the molecule is CCN1CCCC1CN(C)C1CCCNC1. The Balaban J connectivity index is 1.78. The molecule has 0 aromatic carbocycles. The minimum atomic E-state index is 0.771. The Morgan fingerprint density at radius 2 is 2.19 bits per heavy atom. The first-order valence-electron chi connectivity index (χ1n) is 6.96. The Labute approximate surface area is 100 Å². The predicted octanol–water partition coefficient (Wildman–Crippen LogP) is 1.15. The molecule has 3 heteroatoms. The first-order valence-corrected chi connectivity index (χ1v) is 6.96. The van der Waals surface area contributed by atoms with Gasteiger partial charge in [-0.1, -0.05) is 6.92 Å². The van der Waals surface area contributed by atoms with E-state index in [2.05, 4.69) is 29.1 Å².